The average Bonchev–Trinajstić information content (AvgIpc) is 3.37. The number of hydrogen-bond donors (Lipinski definition) is 0. The zero-order valence-corrected chi connectivity index (χ0v) is 22.5. The highest BCUT2D eigenvalue weighted by Gasteiger charge is 2.39. The Labute approximate surface area is 227 Å². The van der Waals surface area contributed by atoms with E-state index >= 15 is 0 Å². The Kier molecular flexibility index (Phi) is 6.44. The van der Waals surface area contributed by atoms with Crippen molar-refractivity contribution < 1.29 is 19.1 Å². The van der Waals surface area contributed by atoms with E-state index in [0.29, 0.717) is 49.5 Å². The number of thiazole rings is 1. The van der Waals surface area contributed by atoms with Crippen LogP contribution in [-0.4, -0.2) is 71.0 Å². The molecule has 1 saturated carbocycles. The van der Waals surface area contributed by atoms with Crippen molar-refractivity contribution >= 4 is 23.2 Å². The molecule has 8 nitrogen and oxygen atoms in total. The molecule has 3 aliphatic heterocycles. The summed E-state index contributed by atoms with van der Waals surface area (Å²) in [5, 5.41) is 0. The maximum absolute atomic E-state index is 13.6. The fourth-order valence-electron chi connectivity index (χ4n) is 6.32. The number of likely N-dealkylation sites (tertiary alicyclic amines) is 1. The van der Waals surface area contributed by atoms with E-state index < -0.39 is 0 Å². The summed E-state index contributed by atoms with van der Waals surface area (Å²) in [5.41, 5.74) is 7.14. The Morgan fingerprint density at radius 2 is 1.82 bits per heavy atom. The number of carbonyl (C=O) groups is 2. The highest BCUT2D eigenvalue weighted by atomic mass is 32.1. The molecule has 0 atom stereocenters. The first-order valence-corrected chi connectivity index (χ1v) is 14.9. The number of aromatic nitrogens is 2. The number of pyridine rings is 1. The minimum Gasteiger partial charge on any atom is -0.477 e. The molecule has 0 bridgehead atoms. The van der Waals surface area contributed by atoms with Crippen LogP contribution in [0.2, 0.25) is 0 Å². The molecule has 5 aliphatic rings. The van der Waals surface area contributed by atoms with Gasteiger partial charge in [-0.05, 0) is 61.7 Å². The van der Waals surface area contributed by atoms with Gasteiger partial charge in [-0.2, -0.15) is 0 Å². The molecular weight excluding hydrogens is 500 g/mol. The van der Waals surface area contributed by atoms with Gasteiger partial charge in [0.05, 0.1) is 24.4 Å². The third-order valence-electron chi connectivity index (χ3n) is 8.74. The topological polar surface area (TPSA) is 84.9 Å². The van der Waals surface area contributed by atoms with E-state index in [2.05, 4.69) is 4.98 Å². The fourth-order valence-corrected chi connectivity index (χ4v) is 7.09. The van der Waals surface area contributed by atoms with Crippen LogP contribution in [-0.2, 0) is 22.5 Å². The number of ether oxygens (including phenoxy) is 2. The minimum atomic E-state index is 0.00465. The van der Waals surface area contributed by atoms with Crippen LogP contribution in [0.4, 0.5) is 0 Å². The van der Waals surface area contributed by atoms with Gasteiger partial charge in [0.15, 0.2) is 0 Å². The van der Waals surface area contributed by atoms with Gasteiger partial charge in [0.25, 0.3) is 5.91 Å². The molecule has 0 spiro atoms. The number of amides is 2. The molecule has 5 heterocycles. The zero-order valence-electron chi connectivity index (χ0n) is 21.7. The maximum Gasteiger partial charge on any atom is 0.254 e. The Bertz CT molecular complexity index is 1260. The third-order valence-corrected chi connectivity index (χ3v) is 9.68. The molecule has 2 amide bonds. The molecule has 7 rings (SSSR count). The fraction of sp³-hybridized carbons (Fsp3) is 0.586. The smallest absolute Gasteiger partial charge is 0.254 e. The van der Waals surface area contributed by atoms with Crippen molar-refractivity contribution in [2.24, 2.45) is 11.8 Å². The van der Waals surface area contributed by atoms with Gasteiger partial charge < -0.3 is 19.3 Å². The highest BCUT2D eigenvalue weighted by Crippen LogP contribution is 2.41. The lowest BCUT2D eigenvalue weighted by molar-refractivity contribution is -0.136. The van der Waals surface area contributed by atoms with Crippen molar-refractivity contribution in [1.29, 1.82) is 0 Å². The van der Waals surface area contributed by atoms with Crippen LogP contribution in [0.5, 0.6) is 5.88 Å². The standard InChI is InChI=1S/C29H34N4O4S/c34-28(32-6-3-26-25(15-32)30-17-38-26)20-9-22-13-33(14-23(22)10-20)29(35)21-11-24(19-1-2-19)31-27(12-21)37-16-18-4-7-36-8-5-18/h11-12,17-20H,1-10,13-16H2. The summed E-state index contributed by atoms with van der Waals surface area (Å²) in [6.45, 7) is 4.85. The monoisotopic (exact) mass is 534 g/mol. The van der Waals surface area contributed by atoms with Gasteiger partial charge in [-0.25, -0.2) is 9.97 Å². The van der Waals surface area contributed by atoms with Gasteiger partial charge in [-0.3, -0.25) is 9.59 Å². The first kappa shape index (κ1) is 24.3. The van der Waals surface area contributed by atoms with Crippen molar-refractivity contribution in [2.45, 2.75) is 57.4 Å². The number of fused-ring (bicyclic) bond motifs is 1. The summed E-state index contributed by atoms with van der Waals surface area (Å²) in [5.74, 6) is 1.77. The summed E-state index contributed by atoms with van der Waals surface area (Å²) < 4.78 is 11.6. The molecule has 200 valence electrons. The lowest BCUT2D eigenvalue weighted by Gasteiger charge is -2.29. The van der Waals surface area contributed by atoms with Crippen LogP contribution < -0.4 is 4.74 Å². The van der Waals surface area contributed by atoms with E-state index in [1.807, 2.05) is 27.4 Å². The van der Waals surface area contributed by atoms with Crippen LogP contribution >= 0.6 is 11.3 Å². The summed E-state index contributed by atoms with van der Waals surface area (Å²) in [6, 6.07) is 3.80. The summed E-state index contributed by atoms with van der Waals surface area (Å²) in [6.07, 6.45) is 6.70. The lowest BCUT2D eigenvalue weighted by atomic mass is 10.0. The molecule has 2 aromatic heterocycles. The number of hydrogen-bond acceptors (Lipinski definition) is 7. The van der Waals surface area contributed by atoms with Crippen LogP contribution in [0.25, 0.3) is 0 Å². The van der Waals surface area contributed by atoms with E-state index in [1.54, 1.807) is 11.3 Å². The second-order valence-electron chi connectivity index (χ2n) is 11.5. The van der Waals surface area contributed by atoms with Crippen LogP contribution in [0.3, 0.4) is 0 Å². The molecule has 9 heteroatoms. The Morgan fingerprint density at radius 1 is 1.03 bits per heavy atom. The molecule has 0 unspecified atom stereocenters. The molecule has 0 N–H and O–H groups in total. The van der Waals surface area contributed by atoms with Gasteiger partial charge >= 0.3 is 0 Å². The van der Waals surface area contributed by atoms with E-state index in [9.17, 15) is 9.59 Å². The van der Waals surface area contributed by atoms with E-state index in [-0.39, 0.29) is 17.7 Å². The van der Waals surface area contributed by atoms with Gasteiger partial charge in [0, 0.05) is 73.3 Å². The van der Waals surface area contributed by atoms with Crippen molar-refractivity contribution in [3.63, 3.8) is 0 Å². The Balaban J connectivity index is 0.981. The average molecular weight is 535 g/mol. The minimum absolute atomic E-state index is 0.00465. The molecular formula is C29H34N4O4S. The van der Waals surface area contributed by atoms with Gasteiger partial charge in [-0.1, -0.05) is 0 Å². The molecule has 2 aromatic rings. The molecule has 2 aliphatic carbocycles. The maximum atomic E-state index is 13.6. The predicted octanol–water partition coefficient (Wildman–Crippen LogP) is 3.97. The van der Waals surface area contributed by atoms with Crippen LogP contribution in [0, 0.1) is 11.8 Å². The number of rotatable bonds is 6. The molecule has 0 radical (unpaired) electrons. The third kappa shape index (κ3) is 4.86. The summed E-state index contributed by atoms with van der Waals surface area (Å²) in [7, 11) is 0. The Morgan fingerprint density at radius 3 is 2.58 bits per heavy atom. The Hall–Kier alpha value is -2.78. The molecule has 2 fully saturated rings. The SMILES string of the molecule is O=C(c1cc(OCC2CCOCC2)nc(C2CC2)c1)N1CC2=C(CC(C(=O)N3CCc4scnc4C3)C2)C1. The van der Waals surface area contributed by atoms with E-state index in [4.69, 9.17) is 14.5 Å². The van der Waals surface area contributed by atoms with Gasteiger partial charge in [0.2, 0.25) is 11.8 Å². The lowest BCUT2D eigenvalue weighted by Crippen LogP contribution is -2.40. The molecule has 0 aromatic carbocycles. The quantitative estimate of drug-likeness (QED) is 0.522. The second-order valence-corrected chi connectivity index (χ2v) is 12.4. The molecule has 38 heavy (non-hydrogen) atoms. The highest BCUT2D eigenvalue weighted by molar-refractivity contribution is 7.09. The second kappa shape index (κ2) is 10.1. The predicted molar refractivity (Wildman–Crippen MR) is 142 cm³/mol. The van der Waals surface area contributed by atoms with Crippen molar-refractivity contribution in [2.75, 3.05) is 39.5 Å². The first-order chi connectivity index (χ1) is 18.6. The van der Waals surface area contributed by atoms with Gasteiger partial charge in [0.1, 0.15) is 0 Å². The largest absolute Gasteiger partial charge is 0.477 e. The van der Waals surface area contributed by atoms with Gasteiger partial charge in [-0.15, -0.1) is 11.3 Å². The zero-order chi connectivity index (χ0) is 25.6. The summed E-state index contributed by atoms with van der Waals surface area (Å²) in [4.78, 5) is 41.3. The molecule has 1 saturated heterocycles. The van der Waals surface area contributed by atoms with Crippen LogP contribution in [0.1, 0.15) is 71.1 Å². The van der Waals surface area contributed by atoms with Crippen molar-refractivity contribution in [1.82, 2.24) is 19.8 Å². The normalized spacial score (nSPS) is 22.1. The van der Waals surface area contributed by atoms with E-state index in [0.717, 1.165) is 76.1 Å². The number of nitrogens with zero attached hydrogens (tertiary/aromatic N) is 4. The summed E-state index contributed by atoms with van der Waals surface area (Å²) >= 11 is 1.69. The van der Waals surface area contributed by atoms with Crippen molar-refractivity contribution in [3.8, 4) is 5.88 Å². The number of carbonyl (C=O) groups excluding carboxylic acids is 2. The van der Waals surface area contributed by atoms with Crippen molar-refractivity contribution in [3.05, 3.63) is 50.6 Å². The van der Waals surface area contributed by atoms with Crippen LogP contribution in [0.15, 0.2) is 28.8 Å². The first-order valence-electron chi connectivity index (χ1n) is 14.0. The van der Waals surface area contributed by atoms with E-state index in [1.165, 1.54) is 16.0 Å².